The van der Waals surface area contributed by atoms with E-state index in [9.17, 15) is 39.1 Å². The molecule has 0 radical (unpaired) electrons. The topological polar surface area (TPSA) is 233 Å². The van der Waals surface area contributed by atoms with Crippen molar-refractivity contribution in [3.05, 3.63) is 118 Å². The van der Waals surface area contributed by atoms with Gasteiger partial charge in [0.05, 0.1) is 105 Å². The lowest BCUT2D eigenvalue weighted by Gasteiger charge is -2.35. The number of nitriles is 2. The molecule has 20 heteroatoms. The summed E-state index contributed by atoms with van der Waals surface area (Å²) in [5.41, 5.74) is 3.57. The smallest absolute Gasteiger partial charge is 0.255 e. The summed E-state index contributed by atoms with van der Waals surface area (Å²) in [4.78, 5) is 38.1. The molecule has 0 aliphatic carbocycles. The van der Waals surface area contributed by atoms with Crippen LogP contribution in [0.4, 0.5) is 20.4 Å². The van der Waals surface area contributed by atoms with Crippen molar-refractivity contribution < 1.29 is 38.1 Å². The van der Waals surface area contributed by atoms with Crippen LogP contribution in [-0.2, 0) is 22.6 Å². The Labute approximate surface area is 391 Å². The number of aliphatic hydroxyl groups excluding tert-OH is 2. The summed E-state index contributed by atoms with van der Waals surface area (Å²) in [6.07, 6.45) is 2.84. The molecular formula is C48H50F2N12O6. The van der Waals surface area contributed by atoms with E-state index in [0.29, 0.717) is 84.5 Å². The van der Waals surface area contributed by atoms with Crippen molar-refractivity contribution in [2.75, 3.05) is 50.2 Å². The van der Waals surface area contributed by atoms with Gasteiger partial charge in [0, 0.05) is 64.9 Å². The second-order valence-corrected chi connectivity index (χ2v) is 16.0. The maximum absolute atomic E-state index is 14.7. The van der Waals surface area contributed by atoms with Gasteiger partial charge in [0.25, 0.3) is 11.8 Å². The molecule has 18 nitrogen and oxygen atoms in total. The third kappa shape index (κ3) is 8.97. The number of rotatable bonds is 8. The Morgan fingerprint density at radius 2 is 1.07 bits per heavy atom. The Morgan fingerprint density at radius 1 is 0.662 bits per heavy atom. The molecule has 4 aromatic heterocycles. The molecule has 4 aliphatic rings. The van der Waals surface area contributed by atoms with Crippen molar-refractivity contribution in [2.24, 2.45) is 0 Å². The molecule has 2 amide bonds. The van der Waals surface area contributed by atoms with Crippen molar-refractivity contribution in [2.45, 2.75) is 65.2 Å². The van der Waals surface area contributed by atoms with Crippen LogP contribution in [0.3, 0.4) is 0 Å². The average Bonchev–Trinajstić information content (AvgIpc) is 4.17. The Balaban J connectivity index is 0.000000196. The first-order chi connectivity index (χ1) is 32.0. The molecule has 4 atom stereocenters. The standard InChI is InChI=1S/2C23H21FN6O3.2CH4/c2*1-33-19-12-29(7-5-18(19)31)20-6-8-30(28-20)17-9-15(27-16-11-26-23(32)22(16)17)21-13(10-25)3-2-4-14(21)24;;/h2*2-4,6,8-9,18-19,31H,5,7,11-12H2,1H3,(H,26,32);2*1H4/t2*18-,19-;;/m11../s1. The third-order valence-electron chi connectivity index (χ3n) is 12.2. The quantitative estimate of drug-likeness (QED) is 0.160. The highest BCUT2D eigenvalue weighted by Gasteiger charge is 2.33. The zero-order chi connectivity index (χ0) is 46.2. The van der Waals surface area contributed by atoms with Gasteiger partial charge < -0.3 is 40.1 Å². The minimum atomic E-state index is -0.566. The van der Waals surface area contributed by atoms with Gasteiger partial charge in [-0.25, -0.2) is 28.1 Å². The number of benzene rings is 2. The number of anilines is 2. The van der Waals surface area contributed by atoms with Crippen molar-refractivity contribution in [1.82, 2.24) is 40.2 Å². The Bertz CT molecular complexity index is 2770. The van der Waals surface area contributed by atoms with Crippen LogP contribution >= 0.6 is 0 Å². The van der Waals surface area contributed by atoms with Gasteiger partial charge in [-0.2, -0.15) is 20.7 Å². The molecule has 2 aromatic carbocycles. The maximum atomic E-state index is 14.7. The van der Waals surface area contributed by atoms with E-state index < -0.39 is 23.8 Å². The molecule has 2 fully saturated rings. The number of carbonyl (C=O) groups excluding carboxylic acids is 2. The highest BCUT2D eigenvalue weighted by molar-refractivity contribution is 6.02. The Kier molecular flexibility index (Phi) is 14.3. The highest BCUT2D eigenvalue weighted by Crippen LogP contribution is 2.34. The second kappa shape index (κ2) is 20.1. The van der Waals surface area contributed by atoms with E-state index in [4.69, 9.17) is 9.47 Å². The van der Waals surface area contributed by atoms with Crippen LogP contribution in [0.1, 0.15) is 70.9 Å². The number of ether oxygens (including phenoxy) is 2. The van der Waals surface area contributed by atoms with Gasteiger partial charge in [0.1, 0.15) is 23.8 Å². The van der Waals surface area contributed by atoms with Crippen LogP contribution < -0.4 is 20.4 Å². The van der Waals surface area contributed by atoms with E-state index in [2.05, 4.69) is 30.8 Å². The zero-order valence-electron chi connectivity index (χ0n) is 35.6. The van der Waals surface area contributed by atoms with E-state index in [1.54, 1.807) is 48.1 Å². The lowest BCUT2D eigenvalue weighted by Crippen LogP contribution is -2.47. The molecule has 0 unspecified atom stereocenters. The first-order valence-electron chi connectivity index (χ1n) is 21.1. The van der Waals surface area contributed by atoms with Gasteiger partial charge in [0.2, 0.25) is 0 Å². The first-order valence-corrected chi connectivity index (χ1v) is 21.1. The molecule has 2 saturated heterocycles. The van der Waals surface area contributed by atoms with Crippen LogP contribution in [0.2, 0.25) is 0 Å². The normalized spacial score (nSPS) is 19.2. The van der Waals surface area contributed by atoms with Crippen LogP contribution in [0, 0.1) is 34.3 Å². The van der Waals surface area contributed by atoms with Crippen LogP contribution in [0.25, 0.3) is 33.9 Å². The molecule has 6 aromatic rings. The molecule has 0 spiro atoms. The SMILES string of the molecule is C.C.CO[C@@H]1CN(c2ccn(-c3cc(-c4c(F)cccc4C#N)nc4c3C(=O)NC4)n2)CC[C@H]1O.CO[C@@H]1CN(c2ccn(-c3cc(-c4c(F)cccc4C#N)nc4c3C(=O)NC4)n2)CC[C@H]1O. The van der Waals surface area contributed by atoms with Crippen molar-refractivity contribution >= 4 is 23.5 Å². The average molecular weight is 929 g/mol. The highest BCUT2D eigenvalue weighted by atomic mass is 19.1. The summed E-state index contributed by atoms with van der Waals surface area (Å²) in [5, 5.41) is 53.9. The predicted octanol–water partition coefficient (Wildman–Crippen LogP) is 4.82. The molecule has 68 heavy (non-hydrogen) atoms. The second-order valence-electron chi connectivity index (χ2n) is 16.0. The van der Waals surface area contributed by atoms with Gasteiger partial charge in [-0.3, -0.25) is 9.59 Å². The molecule has 4 aliphatic heterocycles. The zero-order valence-corrected chi connectivity index (χ0v) is 35.6. The Morgan fingerprint density at radius 3 is 1.46 bits per heavy atom. The van der Waals surface area contributed by atoms with Crippen molar-refractivity contribution in [3.63, 3.8) is 0 Å². The number of piperidine rings is 2. The molecule has 10 rings (SSSR count). The van der Waals surface area contributed by atoms with E-state index in [1.165, 1.54) is 36.4 Å². The van der Waals surface area contributed by atoms with E-state index in [1.807, 2.05) is 34.1 Å². The molecule has 352 valence electrons. The van der Waals surface area contributed by atoms with Crippen molar-refractivity contribution in [1.29, 1.82) is 10.5 Å². The number of methoxy groups -OCH3 is 2. The van der Waals surface area contributed by atoms with Gasteiger partial charge in [0.15, 0.2) is 11.6 Å². The maximum Gasteiger partial charge on any atom is 0.255 e. The number of aliphatic hydroxyl groups is 2. The number of nitrogens with zero attached hydrogens (tertiary/aromatic N) is 10. The van der Waals surface area contributed by atoms with Crippen LogP contribution in [0.15, 0.2) is 73.1 Å². The summed E-state index contributed by atoms with van der Waals surface area (Å²) in [5.74, 6) is -0.376. The molecule has 8 heterocycles. The fraction of sp³-hybridized carbons (Fsp3) is 0.333. The number of carbonyl (C=O) groups is 2. The number of hydrogen-bond acceptors (Lipinski definition) is 14. The summed E-state index contributed by atoms with van der Waals surface area (Å²) in [7, 11) is 3.13. The minimum absolute atomic E-state index is 0. The number of hydrogen-bond donors (Lipinski definition) is 4. The van der Waals surface area contributed by atoms with Gasteiger partial charge >= 0.3 is 0 Å². The fourth-order valence-corrected chi connectivity index (χ4v) is 8.72. The summed E-state index contributed by atoms with van der Waals surface area (Å²) in [6.45, 7) is 2.60. The summed E-state index contributed by atoms with van der Waals surface area (Å²) in [6, 6.07) is 19.3. The summed E-state index contributed by atoms with van der Waals surface area (Å²) < 4.78 is 43.3. The fourth-order valence-electron chi connectivity index (χ4n) is 8.72. The molecule has 0 bridgehead atoms. The Hall–Kier alpha value is -7.62. The molecule has 0 saturated carbocycles. The number of halogens is 2. The number of aromatic nitrogens is 6. The molecular weight excluding hydrogens is 879 g/mol. The third-order valence-corrected chi connectivity index (χ3v) is 12.2. The van der Waals surface area contributed by atoms with E-state index in [-0.39, 0.29) is 85.6 Å². The predicted molar refractivity (Wildman–Crippen MR) is 246 cm³/mol. The number of nitrogens with one attached hydrogen (secondary N) is 2. The number of pyridine rings is 2. The molecule has 4 N–H and O–H groups in total. The number of amides is 2. The van der Waals surface area contributed by atoms with Gasteiger partial charge in [-0.1, -0.05) is 27.0 Å². The first kappa shape index (κ1) is 48.3. The monoisotopic (exact) mass is 928 g/mol. The van der Waals surface area contributed by atoms with Gasteiger partial charge in [-0.15, -0.1) is 0 Å². The van der Waals surface area contributed by atoms with Crippen LogP contribution in [0.5, 0.6) is 0 Å². The van der Waals surface area contributed by atoms with Crippen molar-refractivity contribution in [3.8, 4) is 46.0 Å². The van der Waals surface area contributed by atoms with Gasteiger partial charge in [-0.05, 0) is 49.2 Å². The lowest BCUT2D eigenvalue weighted by molar-refractivity contribution is -0.0207. The minimum Gasteiger partial charge on any atom is -0.390 e. The largest absolute Gasteiger partial charge is 0.390 e. The summed E-state index contributed by atoms with van der Waals surface area (Å²) >= 11 is 0. The van der Waals surface area contributed by atoms with E-state index >= 15 is 0 Å². The van der Waals surface area contributed by atoms with E-state index in [0.717, 1.165) is 0 Å². The lowest BCUT2D eigenvalue weighted by atomic mass is 10.0. The number of fused-ring (bicyclic) bond motifs is 2. The van der Waals surface area contributed by atoms with Crippen LogP contribution in [-0.4, -0.2) is 116 Å².